The molecule has 1 atom stereocenters. The van der Waals surface area contributed by atoms with Crippen LogP contribution in [-0.2, 0) is 0 Å². The first-order chi connectivity index (χ1) is 6.65. The SMILES string of the molecule is CCC(Cl)CNC(=O)c1occc1C. The smallest absolute Gasteiger partial charge is 0.287 e. The Bertz CT molecular complexity index is 309. The van der Waals surface area contributed by atoms with Crippen LogP contribution >= 0.6 is 11.6 Å². The van der Waals surface area contributed by atoms with Crippen LogP contribution < -0.4 is 5.32 Å². The van der Waals surface area contributed by atoms with E-state index in [1.165, 1.54) is 6.26 Å². The molecule has 0 aliphatic carbocycles. The zero-order valence-corrected chi connectivity index (χ0v) is 9.10. The van der Waals surface area contributed by atoms with Crippen molar-refractivity contribution in [3.05, 3.63) is 23.7 Å². The van der Waals surface area contributed by atoms with E-state index >= 15 is 0 Å². The second-order valence-corrected chi connectivity index (χ2v) is 3.77. The zero-order valence-electron chi connectivity index (χ0n) is 8.34. The predicted octanol–water partition coefficient (Wildman–Crippen LogP) is 2.34. The van der Waals surface area contributed by atoms with E-state index in [1.807, 2.05) is 13.8 Å². The molecule has 1 aromatic heterocycles. The Morgan fingerprint density at radius 3 is 2.93 bits per heavy atom. The molecule has 0 spiro atoms. The molecule has 4 heteroatoms. The highest BCUT2D eigenvalue weighted by molar-refractivity contribution is 6.20. The average molecular weight is 216 g/mol. The third-order valence-corrected chi connectivity index (χ3v) is 2.46. The van der Waals surface area contributed by atoms with E-state index in [4.69, 9.17) is 16.0 Å². The van der Waals surface area contributed by atoms with Gasteiger partial charge in [0, 0.05) is 12.1 Å². The van der Waals surface area contributed by atoms with Gasteiger partial charge >= 0.3 is 0 Å². The maximum atomic E-state index is 11.5. The summed E-state index contributed by atoms with van der Waals surface area (Å²) in [6, 6.07) is 1.76. The Morgan fingerprint density at radius 2 is 2.43 bits per heavy atom. The predicted molar refractivity (Wildman–Crippen MR) is 55.7 cm³/mol. The topological polar surface area (TPSA) is 42.2 Å². The number of aryl methyl sites for hydroxylation is 1. The zero-order chi connectivity index (χ0) is 10.6. The van der Waals surface area contributed by atoms with Crippen molar-refractivity contribution in [1.29, 1.82) is 0 Å². The van der Waals surface area contributed by atoms with Crippen LogP contribution in [0.3, 0.4) is 0 Å². The quantitative estimate of drug-likeness (QED) is 0.784. The van der Waals surface area contributed by atoms with E-state index in [0.717, 1.165) is 12.0 Å². The standard InChI is InChI=1S/C10H14ClNO2/c1-3-8(11)6-12-10(13)9-7(2)4-5-14-9/h4-5,8H,3,6H2,1-2H3,(H,12,13). The molecule has 1 aromatic rings. The average Bonchev–Trinajstić information content (AvgIpc) is 2.60. The molecule has 1 N–H and O–H groups in total. The number of amides is 1. The number of hydrogen-bond acceptors (Lipinski definition) is 2. The number of rotatable bonds is 4. The molecule has 0 aromatic carbocycles. The van der Waals surface area contributed by atoms with Crippen molar-refractivity contribution in [3.8, 4) is 0 Å². The summed E-state index contributed by atoms with van der Waals surface area (Å²) >= 11 is 5.87. The van der Waals surface area contributed by atoms with E-state index in [1.54, 1.807) is 6.07 Å². The number of nitrogens with one attached hydrogen (secondary N) is 1. The van der Waals surface area contributed by atoms with Crippen molar-refractivity contribution in [1.82, 2.24) is 5.32 Å². The van der Waals surface area contributed by atoms with Gasteiger partial charge in [0.1, 0.15) is 0 Å². The second-order valence-electron chi connectivity index (χ2n) is 3.15. The van der Waals surface area contributed by atoms with Crippen LogP contribution in [0.5, 0.6) is 0 Å². The van der Waals surface area contributed by atoms with Crippen molar-refractivity contribution in [3.63, 3.8) is 0 Å². The van der Waals surface area contributed by atoms with Gasteiger partial charge in [0.05, 0.1) is 11.6 Å². The van der Waals surface area contributed by atoms with E-state index in [2.05, 4.69) is 5.32 Å². The Balaban J connectivity index is 2.47. The molecule has 3 nitrogen and oxygen atoms in total. The third-order valence-electron chi connectivity index (χ3n) is 2.00. The summed E-state index contributed by atoms with van der Waals surface area (Å²) in [5, 5.41) is 2.69. The Morgan fingerprint density at radius 1 is 1.71 bits per heavy atom. The van der Waals surface area contributed by atoms with Crippen LogP contribution in [-0.4, -0.2) is 17.8 Å². The normalized spacial score (nSPS) is 12.5. The summed E-state index contributed by atoms with van der Waals surface area (Å²) < 4.78 is 5.04. The van der Waals surface area contributed by atoms with E-state index in [9.17, 15) is 4.79 Å². The molecule has 0 saturated carbocycles. The van der Waals surface area contributed by atoms with Crippen molar-refractivity contribution < 1.29 is 9.21 Å². The fourth-order valence-electron chi connectivity index (χ4n) is 1.03. The first-order valence-electron chi connectivity index (χ1n) is 4.61. The summed E-state index contributed by atoms with van der Waals surface area (Å²) in [6.07, 6.45) is 2.33. The fourth-order valence-corrected chi connectivity index (χ4v) is 1.11. The van der Waals surface area contributed by atoms with Gasteiger partial charge in [-0.1, -0.05) is 6.92 Å². The van der Waals surface area contributed by atoms with Crippen LogP contribution in [0.4, 0.5) is 0 Å². The monoisotopic (exact) mass is 215 g/mol. The summed E-state index contributed by atoms with van der Waals surface area (Å²) in [5.41, 5.74) is 0.838. The van der Waals surface area contributed by atoms with Gasteiger partial charge in [0.15, 0.2) is 5.76 Å². The molecule has 0 aliphatic rings. The molecule has 1 amide bonds. The number of hydrogen-bond donors (Lipinski definition) is 1. The van der Waals surface area contributed by atoms with Crippen molar-refractivity contribution in [2.45, 2.75) is 25.6 Å². The van der Waals surface area contributed by atoms with Gasteiger partial charge in [-0.3, -0.25) is 4.79 Å². The minimum atomic E-state index is -0.202. The number of carbonyl (C=O) groups is 1. The van der Waals surface area contributed by atoms with Crippen molar-refractivity contribution >= 4 is 17.5 Å². The Hall–Kier alpha value is -0.960. The van der Waals surface area contributed by atoms with Crippen LogP contribution in [0.25, 0.3) is 0 Å². The molecular weight excluding hydrogens is 202 g/mol. The number of halogens is 1. The third kappa shape index (κ3) is 2.77. The lowest BCUT2D eigenvalue weighted by molar-refractivity contribution is 0.0925. The van der Waals surface area contributed by atoms with E-state index in [0.29, 0.717) is 12.3 Å². The summed E-state index contributed by atoms with van der Waals surface area (Å²) in [7, 11) is 0. The van der Waals surface area contributed by atoms with Gasteiger partial charge in [0.2, 0.25) is 0 Å². The van der Waals surface area contributed by atoms with Crippen LogP contribution in [0.1, 0.15) is 29.5 Å². The molecule has 0 radical (unpaired) electrons. The van der Waals surface area contributed by atoms with Gasteiger partial charge < -0.3 is 9.73 Å². The van der Waals surface area contributed by atoms with Crippen LogP contribution in [0, 0.1) is 6.92 Å². The highest BCUT2D eigenvalue weighted by atomic mass is 35.5. The lowest BCUT2D eigenvalue weighted by Crippen LogP contribution is -2.29. The van der Waals surface area contributed by atoms with Crippen molar-refractivity contribution in [2.24, 2.45) is 0 Å². The van der Waals surface area contributed by atoms with Gasteiger partial charge in [-0.25, -0.2) is 0 Å². The van der Waals surface area contributed by atoms with Crippen LogP contribution in [0.2, 0.25) is 0 Å². The highest BCUT2D eigenvalue weighted by Gasteiger charge is 2.12. The molecule has 14 heavy (non-hydrogen) atoms. The molecule has 0 saturated heterocycles. The molecule has 1 unspecified atom stereocenters. The van der Waals surface area contributed by atoms with E-state index < -0.39 is 0 Å². The molecule has 1 heterocycles. The minimum absolute atomic E-state index is 0.0192. The Kier molecular flexibility index (Phi) is 4.01. The number of furan rings is 1. The van der Waals surface area contributed by atoms with Gasteiger partial charge in [-0.05, 0) is 19.4 Å². The first kappa shape index (κ1) is 11.1. The summed E-state index contributed by atoms with van der Waals surface area (Å²) in [4.78, 5) is 11.5. The maximum Gasteiger partial charge on any atom is 0.287 e. The molecule has 0 fully saturated rings. The number of carbonyl (C=O) groups excluding carboxylic acids is 1. The lowest BCUT2D eigenvalue weighted by Gasteiger charge is -2.07. The van der Waals surface area contributed by atoms with Crippen LogP contribution in [0.15, 0.2) is 16.7 Å². The Labute approximate surface area is 88.4 Å². The fraction of sp³-hybridized carbons (Fsp3) is 0.500. The van der Waals surface area contributed by atoms with E-state index in [-0.39, 0.29) is 11.3 Å². The maximum absolute atomic E-state index is 11.5. The molecular formula is C10H14ClNO2. The lowest BCUT2D eigenvalue weighted by atomic mass is 10.2. The first-order valence-corrected chi connectivity index (χ1v) is 5.05. The second kappa shape index (κ2) is 5.05. The largest absolute Gasteiger partial charge is 0.459 e. The van der Waals surface area contributed by atoms with Gasteiger partial charge in [-0.15, -0.1) is 11.6 Å². The molecule has 0 bridgehead atoms. The minimum Gasteiger partial charge on any atom is -0.459 e. The number of alkyl halides is 1. The summed E-state index contributed by atoms with van der Waals surface area (Å²) in [5.74, 6) is 0.163. The van der Waals surface area contributed by atoms with Gasteiger partial charge in [0.25, 0.3) is 5.91 Å². The molecule has 1 rings (SSSR count). The molecule has 0 aliphatic heterocycles. The molecule has 78 valence electrons. The van der Waals surface area contributed by atoms with Gasteiger partial charge in [-0.2, -0.15) is 0 Å². The van der Waals surface area contributed by atoms with Crippen molar-refractivity contribution in [2.75, 3.05) is 6.54 Å². The highest BCUT2D eigenvalue weighted by Crippen LogP contribution is 2.08. The summed E-state index contributed by atoms with van der Waals surface area (Å²) in [6.45, 7) is 4.27.